The van der Waals surface area contributed by atoms with Gasteiger partial charge in [0.2, 0.25) is 0 Å². The minimum Gasteiger partial charge on any atom is -0.374 e. The zero-order valence-corrected chi connectivity index (χ0v) is 10.4. The number of ether oxygens (including phenoxy) is 1. The van der Waals surface area contributed by atoms with Gasteiger partial charge in [0.25, 0.3) is 0 Å². The summed E-state index contributed by atoms with van der Waals surface area (Å²) >= 11 is 0. The molecule has 0 bridgehead atoms. The van der Waals surface area contributed by atoms with Crippen LogP contribution in [0.25, 0.3) is 0 Å². The van der Waals surface area contributed by atoms with E-state index in [9.17, 15) is 0 Å². The fourth-order valence-corrected chi connectivity index (χ4v) is 2.63. The van der Waals surface area contributed by atoms with E-state index < -0.39 is 0 Å². The number of hydrogen-bond acceptors (Lipinski definition) is 3. The number of nitrogens with zero attached hydrogens (tertiary/aromatic N) is 1. The lowest BCUT2D eigenvalue weighted by Gasteiger charge is -2.30. The summed E-state index contributed by atoms with van der Waals surface area (Å²) in [6.07, 6.45) is 2.32. The molecule has 1 aromatic carbocycles. The van der Waals surface area contributed by atoms with Crippen molar-refractivity contribution in [3.05, 3.63) is 29.8 Å². The quantitative estimate of drug-likeness (QED) is 0.859. The molecule has 1 aliphatic heterocycles. The van der Waals surface area contributed by atoms with Crippen LogP contribution in [0.2, 0.25) is 0 Å². The molecular weight excluding hydrogens is 212 g/mol. The van der Waals surface area contributed by atoms with Crippen molar-refractivity contribution in [2.45, 2.75) is 18.4 Å². The lowest BCUT2D eigenvalue weighted by molar-refractivity contribution is 0.0789. The molecule has 1 N–H and O–H groups in total. The Balaban J connectivity index is 1.83. The van der Waals surface area contributed by atoms with Crippen LogP contribution < -0.4 is 10.2 Å². The number of hydrogen-bond donors (Lipinski definition) is 1. The Morgan fingerprint density at radius 1 is 1.24 bits per heavy atom. The van der Waals surface area contributed by atoms with Crippen molar-refractivity contribution in [3.63, 3.8) is 0 Å². The van der Waals surface area contributed by atoms with Crippen LogP contribution >= 0.6 is 0 Å². The number of methoxy groups -OCH3 is 1. The van der Waals surface area contributed by atoms with Gasteiger partial charge in [0, 0.05) is 39.0 Å². The highest BCUT2D eigenvalue weighted by Gasteiger charge is 2.44. The van der Waals surface area contributed by atoms with Crippen LogP contribution in [0.4, 0.5) is 5.69 Å². The molecule has 1 saturated heterocycles. The molecule has 0 aromatic heterocycles. The number of piperazine rings is 1. The summed E-state index contributed by atoms with van der Waals surface area (Å²) in [5.41, 5.74) is 2.72. The molecular formula is C14H20N2O. The minimum atomic E-state index is 0.0318. The highest BCUT2D eigenvalue weighted by atomic mass is 16.5. The number of nitrogens with one attached hydrogen (secondary N) is 1. The predicted octanol–water partition coefficient (Wildman–Crippen LogP) is 1.73. The van der Waals surface area contributed by atoms with Gasteiger partial charge in [0.15, 0.2) is 0 Å². The van der Waals surface area contributed by atoms with E-state index in [1.165, 1.54) is 11.3 Å². The van der Waals surface area contributed by atoms with E-state index in [4.69, 9.17) is 4.74 Å². The van der Waals surface area contributed by atoms with Crippen molar-refractivity contribution >= 4 is 5.69 Å². The Hall–Kier alpha value is -1.06. The molecule has 0 radical (unpaired) electrons. The van der Waals surface area contributed by atoms with Gasteiger partial charge in [-0.05, 0) is 30.5 Å². The summed E-state index contributed by atoms with van der Waals surface area (Å²) in [6.45, 7) is 4.37. The van der Waals surface area contributed by atoms with Gasteiger partial charge in [-0.25, -0.2) is 0 Å². The summed E-state index contributed by atoms with van der Waals surface area (Å²) in [7, 11) is 1.82. The van der Waals surface area contributed by atoms with Gasteiger partial charge in [0.05, 0.1) is 5.60 Å². The highest BCUT2D eigenvalue weighted by molar-refractivity contribution is 5.51. The van der Waals surface area contributed by atoms with Crippen LogP contribution in [0.15, 0.2) is 24.3 Å². The minimum absolute atomic E-state index is 0.0318. The highest BCUT2D eigenvalue weighted by Crippen LogP contribution is 2.49. The molecule has 0 amide bonds. The molecule has 3 heteroatoms. The average Bonchev–Trinajstić information content (AvgIpc) is 3.21. The summed E-state index contributed by atoms with van der Waals surface area (Å²) in [4.78, 5) is 2.45. The van der Waals surface area contributed by atoms with Crippen molar-refractivity contribution in [1.82, 2.24) is 5.32 Å². The third kappa shape index (κ3) is 2.05. The lowest BCUT2D eigenvalue weighted by atomic mass is 10.1. The van der Waals surface area contributed by atoms with Gasteiger partial charge in [-0.1, -0.05) is 12.1 Å². The van der Waals surface area contributed by atoms with Gasteiger partial charge in [0.1, 0.15) is 0 Å². The molecule has 1 saturated carbocycles. The monoisotopic (exact) mass is 232 g/mol. The first-order valence-corrected chi connectivity index (χ1v) is 6.45. The van der Waals surface area contributed by atoms with Crippen molar-refractivity contribution < 1.29 is 4.74 Å². The molecule has 2 aliphatic rings. The second-order valence-electron chi connectivity index (χ2n) is 4.99. The summed E-state index contributed by atoms with van der Waals surface area (Å²) in [5.74, 6) is 0. The molecule has 1 heterocycles. The Morgan fingerprint density at radius 2 is 2.00 bits per heavy atom. The fourth-order valence-electron chi connectivity index (χ4n) is 2.63. The number of rotatable bonds is 3. The molecule has 1 aromatic rings. The van der Waals surface area contributed by atoms with Crippen LogP contribution in [0, 0.1) is 0 Å². The maximum Gasteiger partial charge on any atom is 0.0930 e. The van der Waals surface area contributed by atoms with Gasteiger partial charge >= 0.3 is 0 Å². The Kier molecular flexibility index (Phi) is 2.81. The van der Waals surface area contributed by atoms with Crippen LogP contribution in [-0.4, -0.2) is 33.3 Å². The first-order chi connectivity index (χ1) is 8.34. The molecule has 2 fully saturated rings. The molecule has 17 heavy (non-hydrogen) atoms. The van der Waals surface area contributed by atoms with Gasteiger partial charge in [-0.2, -0.15) is 0 Å². The largest absolute Gasteiger partial charge is 0.374 e. The second kappa shape index (κ2) is 4.31. The number of anilines is 1. The van der Waals surface area contributed by atoms with E-state index >= 15 is 0 Å². The van der Waals surface area contributed by atoms with Crippen LogP contribution in [-0.2, 0) is 10.3 Å². The lowest BCUT2D eigenvalue weighted by Crippen LogP contribution is -2.43. The van der Waals surface area contributed by atoms with Gasteiger partial charge in [-0.3, -0.25) is 0 Å². The van der Waals surface area contributed by atoms with Crippen molar-refractivity contribution in [1.29, 1.82) is 0 Å². The average molecular weight is 232 g/mol. The zero-order chi connectivity index (χ0) is 11.7. The van der Waals surface area contributed by atoms with Crippen LogP contribution in [0.5, 0.6) is 0 Å². The van der Waals surface area contributed by atoms with Gasteiger partial charge in [-0.15, -0.1) is 0 Å². The maximum absolute atomic E-state index is 5.65. The molecule has 0 spiro atoms. The molecule has 92 valence electrons. The van der Waals surface area contributed by atoms with Crippen LogP contribution in [0.1, 0.15) is 18.4 Å². The summed E-state index contributed by atoms with van der Waals surface area (Å²) in [6, 6.07) is 8.87. The first-order valence-electron chi connectivity index (χ1n) is 6.45. The van der Waals surface area contributed by atoms with E-state index in [-0.39, 0.29) is 5.60 Å². The molecule has 3 rings (SSSR count). The third-order valence-electron chi connectivity index (χ3n) is 3.95. The summed E-state index contributed by atoms with van der Waals surface area (Å²) in [5, 5.41) is 3.39. The molecule has 1 aliphatic carbocycles. The normalized spacial score (nSPS) is 22.5. The zero-order valence-electron chi connectivity index (χ0n) is 10.4. The van der Waals surface area contributed by atoms with Crippen molar-refractivity contribution in [3.8, 4) is 0 Å². The Labute approximate surface area is 103 Å². The molecule has 3 nitrogen and oxygen atoms in total. The van der Waals surface area contributed by atoms with Crippen molar-refractivity contribution in [2.75, 3.05) is 38.2 Å². The fraction of sp³-hybridized carbons (Fsp3) is 0.571. The number of benzene rings is 1. The van der Waals surface area contributed by atoms with E-state index in [0.29, 0.717) is 0 Å². The van der Waals surface area contributed by atoms with Crippen LogP contribution in [0.3, 0.4) is 0 Å². The van der Waals surface area contributed by atoms with E-state index in [2.05, 4.69) is 34.5 Å². The van der Waals surface area contributed by atoms with E-state index in [1.54, 1.807) is 0 Å². The Morgan fingerprint density at radius 3 is 2.65 bits per heavy atom. The maximum atomic E-state index is 5.65. The SMILES string of the molecule is COC1(c2cccc(N3CCNCC3)c2)CC1. The topological polar surface area (TPSA) is 24.5 Å². The molecule has 0 atom stereocenters. The van der Waals surface area contributed by atoms with E-state index in [0.717, 1.165) is 39.0 Å². The molecule has 0 unspecified atom stereocenters. The smallest absolute Gasteiger partial charge is 0.0930 e. The Bertz CT molecular complexity index is 395. The third-order valence-corrected chi connectivity index (χ3v) is 3.95. The van der Waals surface area contributed by atoms with Gasteiger partial charge < -0.3 is 15.0 Å². The second-order valence-corrected chi connectivity index (χ2v) is 4.99. The standard InChI is InChI=1S/C14H20N2O/c1-17-14(5-6-14)12-3-2-4-13(11-12)16-9-7-15-8-10-16/h2-4,11,15H,5-10H2,1H3. The predicted molar refractivity (Wildman–Crippen MR) is 69.4 cm³/mol. The summed E-state index contributed by atoms with van der Waals surface area (Å²) < 4.78 is 5.65. The van der Waals surface area contributed by atoms with E-state index in [1.807, 2.05) is 7.11 Å². The first kappa shape index (κ1) is 11.1. The van der Waals surface area contributed by atoms with Crippen molar-refractivity contribution in [2.24, 2.45) is 0 Å².